The molecular formula is C15H17NO3S. The average molecular weight is 291 g/mol. The van der Waals surface area contributed by atoms with E-state index in [2.05, 4.69) is 5.32 Å². The van der Waals surface area contributed by atoms with Crippen LogP contribution in [0.4, 0.5) is 0 Å². The Labute approximate surface area is 121 Å². The van der Waals surface area contributed by atoms with Gasteiger partial charge in [-0.2, -0.15) is 0 Å². The maximum absolute atomic E-state index is 12.2. The summed E-state index contributed by atoms with van der Waals surface area (Å²) < 4.78 is 0. The third kappa shape index (κ3) is 2.98. The lowest BCUT2D eigenvalue weighted by Crippen LogP contribution is -2.44. The molecule has 106 valence electrons. The van der Waals surface area contributed by atoms with E-state index in [4.69, 9.17) is 0 Å². The molecule has 2 aliphatic rings. The summed E-state index contributed by atoms with van der Waals surface area (Å²) in [6, 6.07) is 7.21. The zero-order chi connectivity index (χ0) is 14.1. The molecule has 0 bridgehead atoms. The fourth-order valence-electron chi connectivity index (χ4n) is 2.50. The Morgan fingerprint density at radius 2 is 2.10 bits per heavy atom. The highest BCUT2D eigenvalue weighted by molar-refractivity contribution is 8.01. The normalized spacial score (nSPS) is 22.1. The van der Waals surface area contributed by atoms with Gasteiger partial charge in [-0.15, -0.1) is 11.8 Å². The standard InChI is InChI=1S/C15H17NO3S/c17-14(16-11(15(18)19)7-9-5-6-9)13-8-10-3-1-2-4-12(10)20-13/h1-4,9,11,13H,5-8H2,(H,16,17)(H,18,19). The summed E-state index contributed by atoms with van der Waals surface area (Å²) in [7, 11) is 0. The lowest BCUT2D eigenvalue weighted by atomic mass is 10.1. The molecule has 1 saturated carbocycles. The predicted octanol–water partition coefficient (Wildman–Crippen LogP) is 2.07. The average Bonchev–Trinajstić information content (AvgIpc) is 3.13. The van der Waals surface area contributed by atoms with Crippen molar-refractivity contribution in [3.05, 3.63) is 29.8 Å². The van der Waals surface area contributed by atoms with Crippen LogP contribution >= 0.6 is 11.8 Å². The predicted molar refractivity (Wildman–Crippen MR) is 76.7 cm³/mol. The number of hydrogen-bond donors (Lipinski definition) is 2. The van der Waals surface area contributed by atoms with Gasteiger partial charge in [-0.25, -0.2) is 4.79 Å². The minimum absolute atomic E-state index is 0.153. The Morgan fingerprint density at radius 1 is 1.35 bits per heavy atom. The molecule has 1 aromatic rings. The van der Waals surface area contributed by atoms with Crippen LogP contribution in [0.5, 0.6) is 0 Å². The zero-order valence-corrected chi connectivity index (χ0v) is 11.9. The minimum atomic E-state index is -0.925. The van der Waals surface area contributed by atoms with Crippen molar-refractivity contribution in [1.82, 2.24) is 5.32 Å². The molecule has 2 atom stereocenters. The highest BCUT2D eigenvalue weighted by atomic mass is 32.2. The van der Waals surface area contributed by atoms with E-state index >= 15 is 0 Å². The third-order valence-corrected chi connectivity index (χ3v) is 5.14. The van der Waals surface area contributed by atoms with Crippen LogP contribution in [-0.4, -0.2) is 28.3 Å². The first kappa shape index (κ1) is 13.5. The number of carboxylic acids is 1. The van der Waals surface area contributed by atoms with Crippen LogP contribution in [0.15, 0.2) is 29.2 Å². The van der Waals surface area contributed by atoms with Gasteiger partial charge in [0.05, 0.1) is 5.25 Å². The van der Waals surface area contributed by atoms with Crippen LogP contribution in [-0.2, 0) is 16.0 Å². The monoisotopic (exact) mass is 291 g/mol. The van der Waals surface area contributed by atoms with E-state index in [-0.39, 0.29) is 11.2 Å². The van der Waals surface area contributed by atoms with Crippen LogP contribution in [0.3, 0.4) is 0 Å². The van der Waals surface area contributed by atoms with E-state index in [0.717, 1.165) is 17.7 Å². The van der Waals surface area contributed by atoms with Gasteiger partial charge in [-0.3, -0.25) is 4.79 Å². The fourth-order valence-corrected chi connectivity index (χ4v) is 3.71. The van der Waals surface area contributed by atoms with Crippen LogP contribution in [0.25, 0.3) is 0 Å². The van der Waals surface area contributed by atoms with Gasteiger partial charge in [0.2, 0.25) is 5.91 Å². The quantitative estimate of drug-likeness (QED) is 0.871. The molecular weight excluding hydrogens is 274 g/mol. The molecule has 4 nitrogen and oxygen atoms in total. The number of rotatable bonds is 5. The maximum Gasteiger partial charge on any atom is 0.326 e. The Balaban J connectivity index is 1.60. The van der Waals surface area contributed by atoms with Gasteiger partial charge in [-0.1, -0.05) is 31.0 Å². The number of thioether (sulfide) groups is 1. The first-order chi connectivity index (χ1) is 9.63. The highest BCUT2D eigenvalue weighted by Crippen LogP contribution is 2.37. The molecule has 2 N–H and O–H groups in total. The summed E-state index contributed by atoms with van der Waals surface area (Å²) in [5.41, 5.74) is 1.17. The molecule has 20 heavy (non-hydrogen) atoms. The van der Waals surface area contributed by atoms with Crippen molar-refractivity contribution in [3.8, 4) is 0 Å². The van der Waals surface area contributed by atoms with Crippen molar-refractivity contribution >= 4 is 23.6 Å². The smallest absolute Gasteiger partial charge is 0.326 e. The van der Waals surface area contributed by atoms with Crippen molar-refractivity contribution in [1.29, 1.82) is 0 Å². The molecule has 5 heteroatoms. The van der Waals surface area contributed by atoms with Crippen molar-refractivity contribution in [2.45, 2.75) is 41.9 Å². The second-order valence-corrected chi connectivity index (χ2v) is 6.74. The second-order valence-electron chi connectivity index (χ2n) is 5.50. The summed E-state index contributed by atoms with van der Waals surface area (Å²) in [6.07, 6.45) is 3.42. The van der Waals surface area contributed by atoms with Crippen molar-refractivity contribution in [2.24, 2.45) is 5.92 Å². The van der Waals surface area contributed by atoms with E-state index in [0.29, 0.717) is 18.8 Å². The first-order valence-corrected chi connectivity index (χ1v) is 7.79. The Bertz CT molecular complexity index is 517. The number of hydrogen-bond acceptors (Lipinski definition) is 3. The summed E-state index contributed by atoms with van der Waals surface area (Å²) in [5.74, 6) is -0.602. The number of amides is 1. The fraction of sp³-hybridized carbons (Fsp3) is 0.467. The minimum Gasteiger partial charge on any atom is -0.480 e. The van der Waals surface area contributed by atoms with Crippen molar-refractivity contribution in [3.63, 3.8) is 0 Å². The van der Waals surface area contributed by atoms with E-state index in [9.17, 15) is 14.7 Å². The van der Waals surface area contributed by atoms with Crippen LogP contribution in [0, 0.1) is 5.92 Å². The molecule has 0 radical (unpaired) electrons. The van der Waals surface area contributed by atoms with E-state index in [1.807, 2.05) is 24.3 Å². The molecule has 0 spiro atoms. The molecule has 0 saturated heterocycles. The number of benzene rings is 1. The topological polar surface area (TPSA) is 66.4 Å². The van der Waals surface area contributed by atoms with Crippen molar-refractivity contribution < 1.29 is 14.7 Å². The lowest BCUT2D eigenvalue weighted by Gasteiger charge is -2.16. The van der Waals surface area contributed by atoms with E-state index in [1.165, 1.54) is 17.3 Å². The van der Waals surface area contributed by atoms with Crippen molar-refractivity contribution in [2.75, 3.05) is 0 Å². The van der Waals surface area contributed by atoms with Gasteiger partial charge in [0.15, 0.2) is 0 Å². The number of fused-ring (bicyclic) bond motifs is 1. The Morgan fingerprint density at radius 3 is 2.75 bits per heavy atom. The number of nitrogens with one attached hydrogen (secondary N) is 1. The molecule has 1 aliphatic carbocycles. The summed E-state index contributed by atoms with van der Waals surface area (Å²) in [6.45, 7) is 0. The van der Waals surface area contributed by atoms with Crippen LogP contribution < -0.4 is 5.32 Å². The molecule has 0 aromatic heterocycles. The summed E-state index contributed by atoms with van der Waals surface area (Å²) >= 11 is 1.53. The highest BCUT2D eigenvalue weighted by Gasteiger charge is 2.34. The van der Waals surface area contributed by atoms with Gasteiger partial charge < -0.3 is 10.4 Å². The van der Waals surface area contributed by atoms with Gasteiger partial charge in [-0.05, 0) is 30.4 Å². The zero-order valence-electron chi connectivity index (χ0n) is 11.0. The Hall–Kier alpha value is -1.49. The molecule has 2 unspecified atom stereocenters. The number of carboxylic acid groups (broad SMARTS) is 1. The summed E-state index contributed by atoms with van der Waals surface area (Å²) in [5, 5.41) is 11.7. The molecule has 3 rings (SSSR count). The van der Waals surface area contributed by atoms with E-state index < -0.39 is 12.0 Å². The molecule has 1 aromatic carbocycles. The molecule has 1 heterocycles. The van der Waals surface area contributed by atoms with E-state index in [1.54, 1.807) is 0 Å². The summed E-state index contributed by atoms with van der Waals surface area (Å²) in [4.78, 5) is 24.6. The SMILES string of the molecule is O=C(O)C(CC1CC1)NC(=O)C1Cc2ccccc2S1. The third-order valence-electron chi connectivity index (χ3n) is 3.82. The molecule has 1 amide bonds. The maximum atomic E-state index is 12.2. The van der Waals surface area contributed by atoms with Gasteiger partial charge in [0, 0.05) is 4.90 Å². The van der Waals surface area contributed by atoms with Gasteiger partial charge in [0.25, 0.3) is 0 Å². The Kier molecular flexibility index (Phi) is 3.70. The number of carbonyl (C=O) groups excluding carboxylic acids is 1. The number of carbonyl (C=O) groups is 2. The largest absolute Gasteiger partial charge is 0.480 e. The second kappa shape index (κ2) is 5.48. The molecule has 1 aliphatic heterocycles. The van der Waals surface area contributed by atoms with Gasteiger partial charge >= 0.3 is 5.97 Å². The molecule has 1 fully saturated rings. The first-order valence-electron chi connectivity index (χ1n) is 6.91. The van der Waals surface area contributed by atoms with Gasteiger partial charge in [0.1, 0.15) is 6.04 Å². The lowest BCUT2D eigenvalue weighted by molar-refractivity contribution is -0.142. The number of aliphatic carboxylic acids is 1. The van der Waals surface area contributed by atoms with Crippen LogP contribution in [0.2, 0.25) is 0 Å². The van der Waals surface area contributed by atoms with Crippen LogP contribution in [0.1, 0.15) is 24.8 Å².